The number of amides is 1. The zero-order valence-corrected chi connectivity index (χ0v) is 17.5. The molecule has 0 heterocycles. The Hall–Kier alpha value is -1.52. The second-order valence-corrected chi connectivity index (χ2v) is 8.19. The fourth-order valence-electron chi connectivity index (χ4n) is 3.67. The molecule has 1 aromatic carbocycles. The molecule has 0 unspecified atom stereocenters. The van der Waals surface area contributed by atoms with Crippen molar-refractivity contribution in [3.63, 3.8) is 0 Å². The number of halogens is 1. The molecule has 2 rings (SSSR count). The molecule has 1 aliphatic carbocycles. The van der Waals surface area contributed by atoms with E-state index in [1.54, 1.807) is 36.2 Å². The standard InChI is InChI=1S/C22H33ClN2O2/c1-4-15-24(2)16-13-18-5-7-19(8-6-18)14-17-25(3)22(26)27-21-11-9-20(23)10-12-21/h4,9-12,18-19H,1,5-8,13-17H2,2-3H3/t18-,19-. The molecule has 0 saturated heterocycles. The average molecular weight is 393 g/mol. The fourth-order valence-corrected chi connectivity index (χ4v) is 3.80. The Morgan fingerprint density at radius 1 is 1.11 bits per heavy atom. The van der Waals surface area contributed by atoms with Gasteiger partial charge in [-0.05, 0) is 62.5 Å². The van der Waals surface area contributed by atoms with Crippen LogP contribution in [0.4, 0.5) is 4.79 Å². The Morgan fingerprint density at radius 2 is 1.67 bits per heavy atom. The van der Waals surface area contributed by atoms with Gasteiger partial charge in [0.15, 0.2) is 0 Å². The molecule has 1 amide bonds. The van der Waals surface area contributed by atoms with Crippen LogP contribution >= 0.6 is 11.6 Å². The maximum Gasteiger partial charge on any atom is 0.414 e. The second-order valence-electron chi connectivity index (χ2n) is 7.76. The van der Waals surface area contributed by atoms with E-state index >= 15 is 0 Å². The molecule has 5 heteroatoms. The highest BCUT2D eigenvalue weighted by atomic mass is 35.5. The smallest absolute Gasteiger partial charge is 0.410 e. The van der Waals surface area contributed by atoms with Crippen LogP contribution in [0.25, 0.3) is 0 Å². The van der Waals surface area contributed by atoms with Crippen LogP contribution in [-0.4, -0.2) is 49.6 Å². The summed E-state index contributed by atoms with van der Waals surface area (Å²) in [5.41, 5.74) is 0. The Morgan fingerprint density at radius 3 is 2.22 bits per heavy atom. The highest BCUT2D eigenvalue weighted by Gasteiger charge is 2.22. The van der Waals surface area contributed by atoms with Crippen LogP contribution in [0.5, 0.6) is 5.75 Å². The molecule has 1 fully saturated rings. The maximum atomic E-state index is 12.2. The van der Waals surface area contributed by atoms with Gasteiger partial charge in [0, 0.05) is 25.2 Å². The van der Waals surface area contributed by atoms with Crippen molar-refractivity contribution in [1.82, 2.24) is 9.80 Å². The van der Waals surface area contributed by atoms with E-state index in [4.69, 9.17) is 16.3 Å². The summed E-state index contributed by atoms with van der Waals surface area (Å²) in [4.78, 5) is 16.2. The van der Waals surface area contributed by atoms with Gasteiger partial charge in [-0.15, -0.1) is 6.58 Å². The molecular weight excluding hydrogens is 360 g/mol. The van der Waals surface area contributed by atoms with Crippen molar-refractivity contribution in [3.8, 4) is 5.75 Å². The number of carbonyl (C=O) groups excluding carboxylic acids is 1. The number of rotatable bonds is 9. The minimum atomic E-state index is -0.309. The van der Waals surface area contributed by atoms with Gasteiger partial charge in [-0.2, -0.15) is 0 Å². The van der Waals surface area contributed by atoms with E-state index < -0.39 is 0 Å². The molecular formula is C22H33ClN2O2. The van der Waals surface area contributed by atoms with Crippen LogP contribution in [0.2, 0.25) is 5.02 Å². The topological polar surface area (TPSA) is 32.8 Å². The van der Waals surface area contributed by atoms with Gasteiger partial charge in [0.2, 0.25) is 0 Å². The third-order valence-electron chi connectivity index (χ3n) is 5.53. The molecule has 0 spiro atoms. The van der Waals surface area contributed by atoms with Gasteiger partial charge in [0.1, 0.15) is 5.75 Å². The van der Waals surface area contributed by atoms with Crippen LogP contribution in [0.15, 0.2) is 36.9 Å². The average Bonchev–Trinajstić information content (AvgIpc) is 2.67. The van der Waals surface area contributed by atoms with E-state index in [-0.39, 0.29) is 6.09 Å². The Labute approximate surface area is 169 Å². The lowest BCUT2D eigenvalue weighted by atomic mass is 9.79. The van der Waals surface area contributed by atoms with E-state index in [1.807, 2.05) is 6.08 Å². The first-order chi connectivity index (χ1) is 13.0. The van der Waals surface area contributed by atoms with Crippen LogP contribution in [0.3, 0.4) is 0 Å². The zero-order chi connectivity index (χ0) is 19.6. The third-order valence-corrected chi connectivity index (χ3v) is 5.78. The van der Waals surface area contributed by atoms with Gasteiger partial charge in [-0.1, -0.05) is 43.4 Å². The molecule has 1 aliphatic rings. The van der Waals surface area contributed by atoms with E-state index in [1.165, 1.54) is 32.1 Å². The molecule has 0 aliphatic heterocycles. The normalized spacial score (nSPS) is 19.7. The molecule has 1 aromatic rings. The summed E-state index contributed by atoms with van der Waals surface area (Å²) in [5.74, 6) is 2.09. The van der Waals surface area contributed by atoms with Gasteiger partial charge in [-0.3, -0.25) is 0 Å². The van der Waals surface area contributed by atoms with Gasteiger partial charge in [0.25, 0.3) is 0 Å². The molecule has 0 aromatic heterocycles. The Balaban J connectivity index is 1.63. The summed E-state index contributed by atoms with van der Waals surface area (Å²) < 4.78 is 5.38. The van der Waals surface area contributed by atoms with Crippen molar-refractivity contribution >= 4 is 17.7 Å². The molecule has 0 atom stereocenters. The summed E-state index contributed by atoms with van der Waals surface area (Å²) in [6, 6.07) is 6.86. The fraction of sp³-hybridized carbons (Fsp3) is 0.591. The van der Waals surface area contributed by atoms with Crippen molar-refractivity contribution in [2.24, 2.45) is 11.8 Å². The van der Waals surface area contributed by atoms with Crippen molar-refractivity contribution in [3.05, 3.63) is 41.9 Å². The molecule has 1 saturated carbocycles. The Kier molecular flexibility index (Phi) is 9.16. The third kappa shape index (κ3) is 7.94. The van der Waals surface area contributed by atoms with E-state index in [9.17, 15) is 4.79 Å². The minimum absolute atomic E-state index is 0.309. The van der Waals surface area contributed by atoms with Gasteiger partial charge < -0.3 is 14.5 Å². The highest BCUT2D eigenvalue weighted by molar-refractivity contribution is 6.30. The number of carbonyl (C=O) groups is 1. The first-order valence-corrected chi connectivity index (χ1v) is 10.3. The van der Waals surface area contributed by atoms with Gasteiger partial charge in [0.05, 0.1) is 0 Å². The number of likely N-dealkylation sites (N-methyl/N-ethyl adjacent to an activating group) is 1. The molecule has 0 bridgehead atoms. The molecule has 0 N–H and O–H groups in total. The number of ether oxygens (including phenoxy) is 1. The SMILES string of the molecule is C=CCN(C)CC[C@H]1CC[C@H](CCN(C)C(=O)Oc2ccc(Cl)cc2)CC1. The summed E-state index contributed by atoms with van der Waals surface area (Å²) in [6.07, 6.45) is 9.16. The van der Waals surface area contributed by atoms with Crippen LogP contribution < -0.4 is 4.74 Å². The summed E-state index contributed by atoms with van der Waals surface area (Å²) in [5, 5.41) is 0.631. The second kappa shape index (κ2) is 11.4. The van der Waals surface area contributed by atoms with E-state index in [0.717, 1.165) is 37.9 Å². The van der Waals surface area contributed by atoms with E-state index in [0.29, 0.717) is 10.8 Å². The molecule has 27 heavy (non-hydrogen) atoms. The predicted octanol–water partition coefficient (Wildman–Crippen LogP) is 5.48. The lowest BCUT2D eigenvalue weighted by Crippen LogP contribution is -2.32. The number of benzene rings is 1. The lowest BCUT2D eigenvalue weighted by Gasteiger charge is -2.30. The summed E-state index contributed by atoms with van der Waals surface area (Å²) in [6.45, 7) is 6.65. The lowest BCUT2D eigenvalue weighted by molar-refractivity contribution is 0.155. The van der Waals surface area contributed by atoms with Gasteiger partial charge in [-0.25, -0.2) is 4.79 Å². The zero-order valence-electron chi connectivity index (χ0n) is 16.7. The van der Waals surface area contributed by atoms with Crippen LogP contribution in [0, 0.1) is 11.8 Å². The first-order valence-electron chi connectivity index (χ1n) is 9.96. The largest absolute Gasteiger partial charge is 0.414 e. The Bertz CT molecular complexity index is 582. The predicted molar refractivity (Wildman–Crippen MR) is 112 cm³/mol. The van der Waals surface area contributed by atoms with Crippen molar-refractivity contribution in [2.45, 2.75) is 38.5 Å². The number of hydrogen-bond donors (Lipinski definition) is 0. The summed E-state index contributed by atoms with van der Waals surface area (Å²) in [7, 11) is 3.96. The van der Waals surface area contributed by atoms with Crippen LogP contribution in [0.1, 0.15) is 38.5 Å². The maximum absolute atomic E-state index is 12.2. The minimum Gasteiger partial charge on any atom is -0.410 e. The highest BCUT2D eigenvalue weighted by Crippen LogP contribution is 2.32. The van der Waals surface area contributed by atoms with Crippen LogP contribution in [-0.2, 0) is 0 Å². The monoisotopic (exact) mass is 392 g/mol. The van der Waals surface area contributed by atoms with Gasteiger partial charge >= 0.3 is 6.09 Å². The molecule has 150 valence electrons. The number of hydrogen-bond acceptors (Lipinski definition) is 3. The van der Waals surface area contributed by atoms with Crippen molar-refractivity contribution in [2.75, 3.05) is 33.7 Å². The molecule has 0 radical (unpaired) electrons. The molecule has 4 nitrogen and oxygen atoms in total. The van der Waals surface area contributed by atoms with Crippen molar-refractivity contribution in [1.29, 1.82) is 0 Å². The number of nitrogens with zero attached hydrogens (tertiary/aromatic N) is 2. The van der Waals surface area contributed by atoms with E-state index in [2.05, 4.69) is 18.5 Å². The first kappa shape index (κ1) is 21.8. The quantitative estimate of drug-likeness (QED) is 0.522. The summed E-state index contributed by atoms with van der Waals surface area (Å²) >= 11 is 5.85. The van der Waals surface area contributed by atoms with Crippen molar-refractivity contribution < 1.29 is 9.53 Å².